The second kappa shape index (κ2) is 9.22. The molecule has 28 heavy (non-hydrogen) atoms. The third-order valence-electron chi connectivity index (χ3n) is 5.17. The maximum Gasteiger partial charge on any atom is 0.220 e. The van der Waals surface area contributed by atoms with Crippen LogP contribution >= 0.6 is 11.6 Å². The number of nitrogens with one attached hydrogen (secondary N) is 2. The van der Waals surface area contributed by atoms with Gasteiger partial charge in [0, 0.05) is 29.4 Å². The van der Waals surface area contributed by atoms with Crippen LogP contribution in [0.25, 0.3) is 10.9 Å². The molecule has 1 aromatic heterocycles. The highest BCUT2D eigenvalue weighted by Gasteiger charge is 2.16. The average molecular weight is 399 g/mol. The van der Waals surface area contributed by atoms with Gasteiger partial charge in [0.2, 0.25) is 5.91 Å². The second-order valence-corrected chi connectivity index (χ2v) is 8.01. The van der Waals surface area contributed by atoms with Crippen molar-refractivity contribution in [1.82, 2.24) is 20.4 Å². The number of fused-ring (bicyclic) bond motifs is 1. The minimum Gasteiger partial charge on any atom is -0.355 e. The zero-order valence-electron chi connectivity index (χ0n) is 16.6. The Labute approximate surface area is 171 Å². The topological polar surface area (TPSA) is 61.0 Å². The van der Waals surface area contributed by atoms with Crippen LogP contribution in [0.5, 0.6) is 0 Å². The first kappa shape index (κ1) is 20.4. The second-order valence-electron chi connectivity index (χ2n) is 7.57. The van der Waals surface area contributed by atoms with Gasteiger partial charge in [-0.25, -0.2) is 0 Å². The molecule has 1 amide bonds. The Morgan fingerprint density at radius 2 is 1.96 bits per heavy atom. The van der Waals surface area contributed by atoms with Crippen molar-refractivity contribution in [3.63, 3.8) is 0 Å². The van der Waals surface area contributed by atoms with Gasteiger partial charge < -0.3 is 10.2 Å². The molecule has 2 N–H and O–H groups in total. The molecule has 0 fully saturated rings. The molecular weight excluding hydrogens is 372 g/mol. The van der Waals surface area contributed by atoms with E-state index in [1.165, 1.54) is 5.56 Å². The van der Waals surface area contributed by atoms with E-state index in [1.54, 1.807) is 0 Å². The lowest BCUT2D eigenvalue weighted by molar-refractivity contribution is -0.121. The van der Waals surface area contributed by atoms with Crippen LogP contribution < -0.4 is 5.32 Å². The number of carbonyl (C=O) groups excluding carboxylic acids is 1. The Bertz CT molecular complexity index is 920. The molecule has 3 rings (SSSR count). The number of aromatic nitrogens is 2. The summed E-state index contributed by atoms with van der Waals surface area (Å²) in [5, 5.41) is 12.0. The first-order valence-corrected chi connectivity index (χ1v) is 9.91. The number of H-pyrrole nitrogens is 1. The van der Waals surface area contributed by atoms with Gasteiger partial charge in [-0.1, -0.05) is 36.7 Å². The van der Waals surface area contributed by atoms with E-state index in [0.717, 1.165) is 22.9 Å². The fraction of sp³-hybridized carbons (Fsp3) is 0.364. The molecular formula is C22H27ClN4O. The predicted octanol–water partition coefficient (Wildman–Crippen LogP) is 4.00. The predicted molar refractivity (Wildman–Crippen MR) is 115 cm³/mol. The number of halogens is 1. The van der Waals surface area contributed by atoms with Crippen molar-refractivity contribution in [2.75, 3.05) is 20.6 Å². The maximum absolute atomic E-state index is 12.4. The van der Waals surface area contributed by atoms with Crippen LogP contribution in [0, 0.1) is 0 Å². The molecule has 148 valence electrons. The minimum absolute atomic E-state index is 0.0691. The molecule has 0 saturated carbocycles. The maximum atomic E-state index is 12.4. The van der Waals surface area contributed by atoms with E-state index in [1.807, 2.05) is 44.6 Å². The summed E-state index contributed by atoms with van der Waals surface area (Å²) in [7, 11) is 4.09. The van der Waals surface area contributed by atoms with Crippen molar-refractivity contribution in [2.45, 2.75) is 31.7 Å². The molecule has 2 aromatic carbocycles. The molecule has 0 radical (unpaired) electrons. The van der Waals surface area contributed by atoms with E-state index < -0.39 is 0 Å². The van der Waals surface area contributed by atoms with Crippen molar-refractivity contribution in [3.05, 3.63) is 64.8 Å². The standard InChI is InChI=1S/C22H27ClN4O/c1-15(17-5-7-19(23)8-6-17)10-22(28)24-14-20(27(2)3)12-16-4-9-21-18(11-16)13-25-26-21/h4-9,11,13,15,20H,10,12,14H2,1-3H3,(H,24,28)(H,25,26)/t15-,20-/m0/s1. The zero-order chi connectivity index (χ0) is 20.1. The van der Waals surface area contributed by atoms with Crippen molar-refractivity contribution in [1.29, 1.82) is 0 Å². The number of aromatic amines is 1. The van der Waals surface area contributed by atoms with Gasteiger partial charge in [0.1, 0.15) is 0 Å². The summed E-state index contributed by atoms with van der Waals surface area (Å²) in [5.74, 6) is 0.221. The summed E-state index contributed by atoms with van der Waals surface area (Å²) >= 11 is 5.94. The normalized spacial score (nSPS) is 13.6. The molecule has 2 atom stereocenters. The van der Waals surface area contributed by atoms with Gasteiger partial charge in [-0.2, -0.15) is 5.10 Å². The summed E-state index contributed by atoms with van der Waals surface area (Å²) in [6, 6.07) is 14.2. The monoisotopic (exact) mass is 398 g/mol. The Kier molecular flexibility index (Phi) is 6.70. The Balaban J connectivity index is 1.55. The van der Waals surface area contributed by atoms with Crippen LogP contribution in [0.1, 0.15) is 30.4 Å². The fourth-order valence-electron chi connectivity index (χ4n) is 3.32. The summed E-state index contributed by atoms with van der Waals surface area (Å²) < 4.78 is 0. The lowest BCUT2D eigenvalue weighted by atomic mass is 9.97. The van der Waals surface area contributed by atoms with Gasteiger partial charge in [0.15, 0.2) is 0 Å². The fourth-order valence-corrected chi connectivity index (χ4v) is 3.45. The van der Waals surface area contributed by atoms with Gasteiger partial charge in [0.05, 0.1) is 11.7 Å². The summed E-state index contributed by atoms with van der Waals surface area (Å²) in [4.78, 5) is 14.6. The number of hydrogen-bond acceptors (Lipinski definition) is 3. The Morgan fingerprint density at radius 1 is 1.21 bits per heavy atom. The van der Waals surface area contributed by atoms with E-state index in [4.69, 9.17) is 11.6 Å². The molecule has 0 bridgehead atoms. The minimum atomic E-state index is 0.0691. The Hall–Kier alpha value is -2.37. The van der Waals surface area contributed by atoms with Crippen LogP contribution in [0.15, 0.2) is 48.7 Å². The summed E-state index contributed by atoms with van der Waals surface area (Å²) in [5.41, 5.74) is 3.39. The van der Waals surface area contributed by atoms with Gasteiger partial charge in [-0.15, -0.1) is 0 Å². The number of benzene rings is 2. The smallest absolute Gasteiger partial charge is 0.220 e. The highest BCUT2D eigenvalue weighted by Crippen LogP contribution is 2.21. The van der Waals surface area contributed by atoms with Gasteiger partial charge in [-0.05, 0) is 61.8 Å². The molecule has 0 aliphatic heterocycles. The van der Waals surface area contributed by atoms with E-state index in [0.29, 0.717) is 18.0 Å². The van der Waals surface area contributed by atoms with E-state index in [-0.39, 0.29) is 17.9 Å². The average Bonchev–Trinajstić information content (AvgIpc) is 3.13. The molecule has 0 saturated heterocycles. The number of rotatable bonds is 8. The van der Waals surface area contributed by atoms with Crippen molar-refractivity contribution < 1.29 is 4.79 Å². The molecule has 5 nitrogen and oxygen atoms in total. The highest BCUT2D eigenvalue weighted by atomic mass is 35.5. The third kappa shape index (κ3) is 5.33. The van der Waals surface area contributed by atoms with Crippen molar-refractivity contribution in [2.24, 2.45) is 0 Å². The summed E-state index contributed by atoms with van der Waals surface area (Å²) in [6.07, 6.45) is 3.16. The van der Waals surface area contributed by atoms with E-state index in [2.05, 4.69) is 45.5 Å². The largest absolute Gasteiger partial charge is 0.355 e. The molecule has 0 aliphatic carbocycles. The van der Waals surface area contributed by atoms with E-state index >= 15 is 0 Å². The zero-order valence-corrected chi connectivity index (χ0v) is 17.3. The number of hydrogen-bond donors (Lipinski definition) is 2. The number of likely N-dealkylation sites (N-methyl/N-ethyl adjacent to an activating group) is 1. The molecule has 0 spiro atoms. The lowest BCUT2D eigenvalue weighted by Crippen LogP contribution is -2.41. The first-order valence-electron chi connectivity index (χ1n) is 9.53. The van der Waals surface area contributed by atoms with Crippen LogP contribution in [-0.4, -0.2) is 47.7 Å². The molecule has 6 heteroatoms. The first-order chi connectivity index (χ1) is 13.4. The van der Waals surface area contributed by atoms with Crippen LogP contribution in [0.2, 0.25) is 5.02 Å². The lowest BCUT2D eigenvalue weighted by Gasteiger charge is -2.25. The van der Waals surface area contributed by atoms with Crippen LogP contribution in [0.3, 0.4) is 0 Å². The number of amides is 1. The third-order valence-corrected chi connectivity index (χ3v) is 5.42. The highest BCUT2D eigenvalue weighted by molar-refractivity contribution is 6.30. The molecule has 1 heterocycles. The van der Waals surface area contributed by atoms with E-state index in [9.17, 15) is 4.79 Å². The molecule has 3 aromatic rings. The molecule has 0 aliphatic rings. The van der Waals surface area contributed by atoms with Crippen molar-refractivity contribution >= 4 is 28.4 Å². The Morgan fingerprint density at radius 3 is 2.68 bits per heavy atom. The number of nitrogens with zero attached hydrogens (tertiary/aromatic N) is 2. The summed E-state index contributed by atoms with van der Waals surface area (Å²) in [6.45, 7) is 2.68. The van der Waals surface area contributed by atoms with Gasteiger partial charge in [-0.3, -0.25) is 9.89 Å². The number of carbonyl (C=O) groups is 1. The van der Waals surface area contributed by atoms with Crippen molar-refractivity contribution in [3.8, 4) is 0 Å². The molecule has 0 unspecified atom stereocenters. The SMILES string of the molecule is C[C@@H](CC(=O)NC[C@H](Cc1ccc2[nH]ncc2c1)N(C)C)c1ccc(Cl)cc1. The van der Waals surface area contributed by atoms with Gasteiger partial charge in [0.25, 0.3) is 0 Å². The van der Waals surface area contributed by atoms with Crippen LogP contribution in [0.4, 0.5) is 0 Å². The quantitative estimate of drug-likeness (QED) is 0.603. The van der Waals surface area contributed by atoms with Crippen LogP contribution in [-0.2, 0) is 11.2 Å². The van der Waals surface area contributed by atoms with Gasteiger partial charge >= 0.3 is 0 Å².